The number of piperidine rings is 1. The molecular weight excluding hydrogens is 381 g/mol. The van der Waals surface area contributed by atoms with Crippen molar-refractivity contribution >= 4 is 20.0 Å². The molecule has 0 unspecified atom stereocenters. The van der Waals surface area contributed by atoms with Crippen molar-refractivity contribution < 1.29 is 30.0 Å². The van der Waals surface area contributed by atoms with Crippen LogP contribution in [-0.4, -0.2) is 46.5 Å². The van der Waals surface area contributed by atoms with Gasteiger partial charge in [-0.2, -0.15) is 17.5 Å². The first-order valence-electron chi connectivity index (χ1n) is 7.55. The molecule has 142 valence electrons. The third-order valence-corrected chi connectivity index (χ3v) is 6.63. The third kappa shape index (κ3) is 4.93. The lowest BCUT2D eigenvalue weighted by molar-refractivity contribution is -0.139. The molecule has 1 saturated heterocycles. The highest BCUT2D eigenvalue weighted by Gasteiger charge is 2.41. The molecule has 1 fully saturated rings. The molecule has 1 heterocycles. The average molecular weight is 400 g/mol. The Balaban J connectivity index is 2.40. The van der Waals surface area contributed by atoms with Crippen LogP contribution in [0, 0.1) is 0 Å². The predicted octanol–water partition coefficient (Wildman–Crippen LogP) is 1.80. The van der Waals surface area contributed by atoms with E-state index in [1.54, 1.807) is 0 Å². The first-order valence-corrected chi connectivity index (χ1v) is 10.9. The average Bonchev–Trinajstić information content (AvgIpc) is 2.52. The Kier molecular flexibility index (Phi) is 5.81. The zero-order chi connectivity index (χ0) is 18.9. The molecule has 25 heavy (non-hydrogen) atoms. The molecule has 11 heteroatoms. The van der Waals surface area contributed by atoms with Gasteiger partial charge in [-0.3, -0.25) is 0 Å². The largest absolute Gasteiger partial charge is 0.417 e. The van der Waals surface area contributed by atoms with Crippen molar-refractivity contribution in [3.63, 3.8) is 0 Å². The smallest absolute Gasteiger partial charge is 0.214 e. The van der Waals surface area contributed by atoms with Gasteiger partial charge in [0.1, 0.15) is 0 Å². The molecule has 0 aliphatic carbocycles. The number of nitrogens with one attached hydrogen (secondary N) is 1. The van der Waals surface area contributed by atoms with Crippen LogP contribution < -0.4 is 4.72 Å². The second-order valence-electron chi connectivity index (χ2n) is 5.88. The highest BCUT2D eigenvalue weighted by molar-refractivity contribution is 7.89. The number of halogens is 3. The minimum absolute atomic E-state index is 0.0463. The van der Waals surface area contributed by atoms with Crippen LogP contribution in [0.5, 0.6) is 0 Å². The van der Waals surface area contributed by atoms with Crippen LogP contribution in [0.25, 0.3) is 0 Å². The van der Waals surface area contributed by atoms with Gasteiger partial charge in [-0.25, -0.2) is 21.6 Å². The summed E-state index contributed by atoms with van der Waals surface area (Å²) >= 11 is 0. The van der Waals surface area contributed by atoms with Crippen LogP contribution in [-0.2, 0) is 26.2 Å². The lowest BCUT2D eigenvalue weighted by atomic mass is 10.1. The molecular formula is C14H19F3N2O4S2. The summed E-state index contributed by atoms with van der Waals surface area (Å²) in [6, 6.07) is 3.28. The van der Waals surface area contributed by atoms with E-state index in [-0.39, 0.29) is 13.1 Å². The summed E-state index contributed by atoms with van der Waals surface area (Å²) in [5, 5.41) is 0. The zero-order valence-corrected chi connectivity index (χ0v) is 15.1. The summed E-state index contributed by atoms with van der Waals surface area (Å²) in [4.78, 5) is -0.811. The Bertz CT molecular complexity index is 823. The van der Waals surface area contributed by atoms with E-state index in [0.717, 1.165) is 28.8 Å². The topological polar surface area (TPSA) is 83.6 Å². The van der Waals surface area contributed by atoms with Gasteiger partial charge in [-0.05, 0) is 25.0 Å². The Morgan fingerprint density at radius 3 is 2.40 bits per heavy atom. The van der Waals surface area contributed by atoms with Crippen molar-refractivity contribution in [1.29, 1.82) is 0 Å². The Morgan fingerprint density at radius 1 is 1.16 bits per heavy atom. The monoisotopic (exact) mass is 400 g/mol. The molecule has 1 aromatic rings. The lowest BCUT2D eigenvalue weighted by Crippen LogP contribution is -2.49. The highest BCUT2D eigenvalue weighted by atomic mass is 32.2. The van der Waals surface area contributed by atoms with Crippen molar-refractivity contribution in [2.24, 2.45) is 0 Å². The molecule has 0 spiro atoms. The molecule has 1 aliphatic rings. The summed E-state index contributed by atoms with van der Waals surface area (Å²) in [6.45, 7) is -0.128. The van der Waals surface area contributed by atoms with E-state index in [9.17, 15) is 30.0 Å². The molecule has 1 atom stereocenters. The second-order valence-corrected chi connectivity index (χ2v) is 9.57. The van der Waals surface area contributed by atoms with E-state index in [0.29, 0.717) is 19.3 Å². The van der Waals surface area contributed by atoms with Crippen molar-refractivity contribution in [2.75, 3.05) is 19.3 Å². The number of benzene rings is 1. The maximum atomic E-state index is 13.2. The molecule has 0 aromatic heterocycles. The van der Waals surface area contributed by atoms with E-state index >= 15 is 0 Å². The summed E-state index contributed by atoms with van der Waals surface area (Å²) in [5.41, 5.74) is -1.23. The molecule has 0 saturated carbocycles. The fraction of sp³-hybridized carbons (Fsp3) is 0.571. The maximum Gasteiger partial charge on any atom is 0.417 e. The standard InChI is InChI=1S/C14H19F3N2O4S2/c1-24(20,21)18-10-11-6-4-5-9-19(11)25(22,23)13-8-3-2-7-12(13)14(15,16)17/h2-3,7-8,11,18H,4-6,9-10H2,1H3/t11-/m0/s1. The van der Waals surface area contributed by atoms with E-state index < -0.39 is 42.7 Å². The molecule has 1 N–H and O–H groups in total. The van der Waals surface area contributed by atoms with Crippen LogP contribution in [0.3, 0.4) is 0 Å². The van der Waals surface area contributed by atoms with E-state index in [2.05, 4.69) is 4.72 Å². The van der Waals surface area contributed by atoms with E-state index in [1.165, 1.54) is 6.07 Å². The van der Waals surface area contributed by atoms with Crippen LogP contribution in [0.15, 0.2) is 29.2 Å². The molecule has 1 aliphatic heterocycles. The number of rotatable bonds is 5. The highest BCUT2D eigenvalue weighted by Crippen LogP contribution is 2.36. The molecule has 1 aromatic carbocycles. The van der Waals surface area contributed by atoms with Gasteiger partial charge in [0, 0.05) is 19.1 Å². The van der Waals surface area contributed by atoms with Gasteiger partial charge in [0.05, 0.1) is 16.7 Å². The van der Waals surface area contributed by atoms with Crippen LogP contribution in [0.2, 0.25) is 0 Å². The number of sulfonamides is 2. The summed E-state index contributed by atoms with van der Waals surface area (Å²) in [7, 11) is -7.95. The molecule has 0 radical (unpaired) electrons. The zero-order valence-electron chi connectivity index (χ0n) is 13.5. The van der Waals surface area contributed by atoms with Gasteiger partial charge in [0.25, 0.3) is 0 Å². The summed E-state index contributed by atoms with van der Waals surface area (Å²) in [5.74, 6) is 0. The molecule has 6 nitrogen and oxygen atoms in total. The fourth-order valence-electron chi connectivity index (χ4n) is 2.79. The van der Waals surface area contributed by atoms with Gasteiger partial charge in [-0.15, -0.1) is 0 Å². The van der Waals surface area contributed by atoms with E-state index in [1.807, 2.05) is 0 Å². The SMILES string of the molecule is CS(=O)(=O)NC[C@@H]1CCCCN1S(=O)(=O)c1ccccc1C(F)(F)F. The van der Waals surface area contributed by atoms with E-state index in [4.69, 9.17) is 0 Å². The van der Waals surface area contributed by atoms with Gasteiger partial charge < -0.3 is 0 Å². The normalized spacial score (nSPS) is 20.6. The van der Waals surface area contributed by atoms with Gasteiger partial charge in [0.15, 0.2) is 0 Å². The third-order valence-electron chi connectivity index (χ3n) is 3.93. The maximum absolute atomic E-state index is 13.2. The minimum Gasteiger partial charge on any atom is -0.214 e. The minimum atomic E-state index is -4.81. The van der Waals surface area contributed by atoms with Gasteiger partial charge in [0.2, 0.25) is 20.0 Å². The van der Waals surface area contributed by atoms with Gasteiger partial charge in [-0.1, -0.05) is 18.6 Å². The summed E-state index contributed by atoms with van der Waals surface area (Å²) < 4.78 is 90.9. The predicted molar refractivity (Wildman–Crippen MR) is 85.8 cm³/mol. The number of hydrogen-bond acceptors (Lipinski definition) is 4. The Labute approximate surface area is 145 Å². The molecule has 0 amide bonds. The number of hydrogen-bond donors (Lipinski definition) is 1. The summed E-state index contributed by atoms with van der Waals surface area (Å²) in [6.07, 6.45) is -2.32. The Hall–Kier alpha value is -1.17. The molecule has 0 bridgehead atoms. The first kappa shape index (κ1) is 20.1. The number of alkyl halides is 3. The lowest BCUT2D eigenvalue weighted by Gasteiger charge is -2.35. The van der Waals surface area contributed by atoms with Crippen LogP contribution in [0.4, 0.5) is 13.2 Å². The quantitative estimate of drug-likeness (QED) is 0.817. The van der Waals surface area contributed by atoms with Gasteiger partial charge >= 0.3 is 6.18 Å². The van der Waals surface area contributed by atoms with Crippen molar-refractivity contribution in [3.05, 3.63) is 29.8 Å². The van der Waals surface area contributed by atoms with Crippen molar-refractivity contribution in [2.45, 2.75) is 36.4 Å². The Morgan fingerprint density at radius 2 is 1.80 bits per heavy atom. The van der Waals surface area contributed by atoms with Crippen molar-refractivity contribution in [1.82, 2.24) is 9.03 Å². The first-order chi connectivity index (χ1) is 11.4. The van der Waals surface area contributed by atoms with Crippen molar-refractivity contribution in [3.8, 4) is 0 Å². The van der Waals surface area contributed by atoms with Crippen LogP contribution >= 0.6 is 0 Å². The molecule has 2 rings (SSSR count). The number of nitrogens with zero attached hydrogens (tertiary/aromatic N) is 1. The fourth-order valence-corrected chi connectivity index (χ4v) is 5.20. The second kappa shape index (κ2) is 7.22. The van der Waals surface area contributed by atoms with Crippen LogP contribution in [0.1, 0.15) is 24.8 Å².